The predicted molar refractivity (Wildman–Crippen MR) is 54.6 cm³/mol. The number of nitrogens with zero attached hydrogens (tertiary/aromatic N) is 1. The van der Waals surface area contributed by atoms with Crippen LogP contribution in [-0.4, -0.2) is 16.7 Å². The number of thiazole rings is 1. The van der Waals surface area contributed by atoms with Crippen molar-refractivity contribution in [3.05, 3.63) is 15.0 Å². The molecule has 4 nitrogen and oxygen atoms in total. The Morgan fingerprint density at radius 3 is 2.57 bits per heavy atom. The van der Waals surface area contributed by atoms with E-state index in [1.165, 1.54) is 11.3 Å². The topological polar surface area (TPSA) is 73.1 Å². The van der Waals surface area contributed by atoms with Crippen LogP contribution in [0.5, 0.6) is 0 Å². The van der Waals surface area contributed by atoms with Crippen molar-refractivity contribution >= 4 is 34.6 Å². The van der Waals surface area contributed by atoms with Gasteiger partial charge in [0.05, 0.1) is 5.01 Å². The van der Waals surface area contributed by atoms with Crippen LogP contribution in [0, 0.1) is 6.92 Å². The minimum Gasteiger partial charge on any atom is -0.370 e. The zero-order chi connectivity index (χ0) is 10.7. The van der Waals surface area contributed by atoms with Gasteiger partial charge in [-0.3, -0.25) is 9.59 Å². The number of halogens is 1. The number of Topliss-reactive ketones (excluding diaryl/α,β-unsaturated/α-hetero) is 1. The summed E-state index contributed by atoms with van der Waals surface area (Å²) in [5, 5.41) is 0.734. The van der Waals surface area contributed by atoms with Crippen molar-refractivity contribution in [1.82, 2.24) is 4.98 Å². The SMILES string of the molecule is Cc1nc(C(=O)CCC(N)=O)c(Cl)s1. The maximum absolute atomic E-state index is 11.4. The quantitative estimate of drug-likeness (QED) is 0.801. The van der Waals surface area contributed by atoms with Gasteiger partial charge in [0.15, 0.2) is 5.78 Å². The van der Waals surface area contributed by atoms with Gasteiger partial charge in [-0.15, -0.1) is 11.3 Å². The molecule has 0 aliphatic carbocycles. The summed E-state index contributed by atoms with van der Waals surface area (Å²) in [6, 6.07) is 0. The van der Waals surface area contributed by atoms with Crippen molar-refractivity contribution in [2.45, 2.75) is 19.8 Å². The number of nitrogens with two attached hydrogens (primary N) is 1. The fourth-order valence-corrected chi connectivity index (χ4v) is 2.06. The van der Waals surface area contributed by atoms with Gasteiger partial charge in [-0.2, -0.15) is 0 Å². The Hall–Kier alpha value is -0.940. The zero-order valence-electron chi connectivity index (χ0n) is 7.54. The van der Waals surface area contributed by atoms with Gasteiger partial charge in [-0.1, -0.05) is 11.6 Å². The molecule has 0 unspecified atom stereocenters. The second kappa shape index (κ2) is 4.52. The highest BCUT2D eigenvalue weighted by Crippen LogP contribution is 2.24. The van der Waals surface area contributed by atoms with E-state index in [1.54, 1.807) is 6.92 Å². The summed E-state index contributed by atoms with van der Waals surface area (Å²) in [6.07, 6.45) is 0.101. The summed E-state index contributed by atoms with van der Waals surface area (Å²) in [5.74, 6) is -0.737. The lowest BCUT2D eigenvalue weighted by molar-refractivity contribution is -0.118. The molecule has 0 atom stereocenters. The number of amides is 1. The lowest BCUT2D eigenvalue weighted by Crippen LogP contribution is -2.13. The first kappa shape index (κ1) is 11.1. The summed E-state index contributed by atoms with van der Waals surface area (Å²) in [6.45, 7) is 1.77. The summed E-state index contributed by atoms with van der Waals surface area (Å²) in [7, 11) is 0. The molecule has 6 heteroatoms. The number of rotatable bonds is 4. The van der Waals surface area contributed by atoms with E-state index in [1.807, 2.05) is 0 Å². The Bertz CT molecular complexity index is 375. The molecule has 0 saturated heterocycles. The number of carbonyl (C=O) groups excluding carboxylic acids is 2. The maximum Gasteiger partial charge on any atom is 0.217 e. The third kappa shape index (κ3) is 2.78. The predicted octanol–water partition coefficient (Wildman–Crippen LogP) is 1.55. The molecular weight excluding hydrogens is 224 g/mol. The van der Waals surface area contributed by atoms with Crippen LogP contribution in [0.2, 0.25) is 4.34 Å². The van der Waals surface area contributed by atoms with Gasteiger partial charge in [0, 0.05) is 12.8 Å². The molecule has 0 fully saturated rings. The minimum absolute atomic E-state index is 0.0335. The Labute approximate surface area is 90.1 Å². The Morgan fingerprint density at radius 1 is 1.50 bits per heavy atom. The minimum atomic E-state index is -0.499. The molecule has 76 valence electrons. The smallest absolute Gasteiger partial charge is 0.217 e. The lowest BCUT2D eigenvalue weighted by atomic mass is 10.2. The fourth-order valence-electron chi connectivity index (χ4n) is 0.929. The number of ketones is 1. The highest BCUT2D eigenvalue weighted by atomic mass is 35.5. The van der Waals surface area contributed by atoms with Crippen LogP contribution in [0.1, 0.15) is 28.3 Å². The van der Waals surface area contributed by atoms with E-state index in [2.05, 4.69) is 4.98 Å². The highest BCUT2D eigenvalue weighted by molar-refractivity contribution is 7.16. The normalized spacial score (nSPS) is 10.1. The maximum atomic E-state index is 11.4. The van der Waals surface area contributed by atoms with Gasteiger partial charge in [-0.25, -0.2) is 4.98 Å². The molecular formula is C8H9ClN2O2S. The van der Waals surface area contributed by atoms with Crippen molar-refractivity contribution in [2.24, 2.45) is 5.73 Å². The molecule has 2 N–H and O–H groups in total. The third-order valence-corrected chi connectivity index (χ3v) is 2.73. The molecule has 14 heavy (non-hydrogen) atoms. The van der Waals surface area contributed by atoms with E-state index < -0.39 is 5.91 Å². The van der Waals surface area contributed by atoms with Gasteiger partial charge in [-0.05, 0) is 6.92 Å². The number of hydrogen-bond donors (Lipinski definition) is 1. The summed E-state index contributed by atoms with van der Waals surface area (Å²) in [5.41, 5.74) is 5.17. The second-order valence-electron chi connectivity index (χ2n) is 2.74. The number of aryl methyl sites for hydroxylation is 1. The molecule has 0 spiro atoms. The standard InChI is InChI=1S/C8H9ClN2O2S/c1-4-11-7(8(9)14-4)5(12)2-3-6(10)13/h2-3H2,1H3,(H2,10,13). The number of primary amides is 1. The number of aromatic nitrogens is 1. The molecule has 0 radical (unpaired) electrons. The molecule has 1 aromatic heterocycles. The molecule has 1 amide bonds. The summed E-state index contributed by atoms with van der Waals surface area (Å²) < 4.78 is 0.372. The molecule has 0 bridgehead atoms. The van der Waals surface area contributed by atoms with E-state index >= 15 is 0 Å². The summed E-state index contributed by atoms with van der Waals surface area (Å²) in [4.78, 5) is 25.9. The Morgan fingerprint density at radius 2 is 2.14 bits per heavy atom. The van der Waals surface area contributed by atoms with Crippen LogP contribution in [-0.2, 0) is 4.79 Å². The molecule has 0 aliphatic rings. The Balaban J connectivity index is 2.69. The molecule has 1 aromatic rings. The van der Waals surface area contributed by atoms with Crippen LogP contribution in [0.3, 0.4) is 0 Å². The second-order valence-corrected chi connectivity index (χ2v) is 4.55. The van der Waals surface area contributed by atoms with Crippen LogP contribution >= 0.6 is 22.9 Å². The molecule has 1 heterocycles. The number of carbonyl (C=O) groups is 2. The average molecular weight is 233 g/mol. The van der Waals surface area contributed by atoms with Crippen molar-refractivity contribution in [3.63, 3.8) is 0 Å². The van der Waals surface area contributed by atoms with E-state index in [0.717, 1.165) is 5.01 Å². The van der Waals surface area contributed by atoms with Gasteiger partial charge < -0.3 is 5.73 Å². The van der Waals surface area contributed by atoms with Crippen molar-refractivity contribution in [1.29, 1.82) is 0 Å². The number of hydrogen-bond acceptors (Lipinski definition) is 4. The first-order valence-corrected chi connectivity index (χ1v) is 5.14. The molecule has 1 rings (SSSR count). The molecule has 0 aromatic carbocycles. The Kier molecular flexibility index (Phi) is 3.60. The van der Waals surface area contributed by atoms with E-state index in [9.17, 15) is 9.59 Å². The molecule has 0 saturated carbocycles. The van der Waals surface area contributed by atoms with E-state index in [4.69, 9.17) is 17.3 Å². The first-order chi connectivity index (χ1) is 6.50. The van der Waals surface area contributed by atoms with E-state index in [0.29, 0.717) is 4.34 Å². The van der Waals surface area contributed by atoms with Gasteiger partial charge in [0.2, 0.25) is 5.91 Å². The van der Waals surface area contributed by atoms with Crippen LogP contribution in [0.15, 0.2) is 0 Å². The molecule has 0 aliphatic heterocycles. The van der Waals surface area contributed by atoms with Crippen molar-refractivity contribution in [2.75, 3.05) is 0 Å². The lowest BCUT2D eigenvalue weighted by Gasteiger charge is -1.94. The van der Waals surface area contributed by atoms with Gasteiger partial charge in [0.25, 0.3) is 0 Å². The van der Waals surface area contributed by atoms with Crippen LogP contribution in [0.25, 0.3) is 0 Å². The average Bonchev–Trinajstić information content (AvgIpc) is 2.41. The van der Waals surface area contributed by atoms with Gasteiger partial charge in [0.1, 0.15) is 10.0 Å². The van der Waals surface area contributed by atoms with Crippen molar-refractivity contribution < 1.29 is 9.59 Å². The van der Waals surface area contributed by atoms with Crippen molar-refractivity contribution in [3.8, 4) is 0 Å². The van der Waals surface area contributed by atoms with Crippen LogP contribution < -0.4 is 5.73 Å². The summed E-state index contributed by atoms with van der Waals surface area (Å²) >= 11 is 7.02. The monoisotopic (exact) mass is 232 g/mol. The highest BCUT2D eigenvalue weighted by Gasteiger charge is 2.15. The van der Waals surface area contributed by atoms with Crippen LogP contribution in [0.4, 0.5) is 0 Å². The zero-order valence-corrected chi connectivity index (χ0v) is 9.11. The fraction of sp³-hybridized carbons (Fsp3) is 0.375. The largest absolute Gasteiger partial charge is 0.370 e. The first-order valence-electron chi connectivity index (χ1n) is 3.95. The van der Waals surface area contributed by atoms with E-state index in [-0.39, 0.29) is 24.3 Å². The third-order valence-electron chi connectivity index (χ3n) is 1.56. The van der Waals surface area contributed by atoms with Gasteiger partial charge >= 0.3 is 0 Å².